The molecule has 0 aromatic carbocycles. The molecule has 1 rings (SSSR count). The van der Waals surface area contributed by atoms with Gasteiger partial charge in [-0.05, 0) is 41.5 Å². The molecule has 1 aromatic rings. The summed E-state index contributed by atoms with van der Waals surface area (Å²) in [4.78, 5) is 12.3. The van der Waals surface area contributed by atoms with E-state index in [0.717, 1.165) is 0 Å². The summed E-state index contributed by atoms with van der Waals surface area (Å²) in [6, 6.07) is 0.164. The zero-order valence-electron chi connectivity index (χ0n) is 12.9. The van der Waals surface area contributed by atoms with Gasteiger partial charge >= 0.3 is 6.01 Å². The Kier molecular flexibility index (Phi) is 4.72. The Bertz CT molecular complexity index is 456. The van der Waals surface area contributed by atoms with Gasteiger partial charge in [-0.3, -0.25) is 5.43 Å². The summed E-state index contributed by atoms with van der Waals surface area (Å²) in [5.74, 6) is 5.79. The fraction of sp³-hybridized carbons (Fsp3) is 0.750. The van der Waals surface area contributed by atoms with Gasteiger partial charge in [0.25, 0.3) is 0 Å². The highest BCUT2D eigenvalue weighted by molar-refractivity contribution is 5.37. The maximum atomic E-state index is 10.1. The number of nitrogens with two attached hydrogens (primary N) is 1. The number of hydrogen-bond donors (Lipinski definition) is 4. The second-order valence-corrected chi connectivity index (χ2v) is 5.89. The molecule has 0 bridgehead atoms. The van der Waals surface area contributed by atoms with Crippen molar-refractivity contribution in [3.05, 3.63) is 0 Å². The van der Waals surface area contributed by atoms with Crippen molar-refractivity contribution < 1.29 is 9.84 Å². The highest BCUT2D eigenvalue weighted by Crippen LogP contribution is 2.25. The molecule has 0 amide bonds. The van der Waals surface area contributed by atoms with Crippen LogP contribution in [0.4, 0.5) is 11.9 Å². The summed E-state index contributed by atoms with van der Waals surface area (Å²) in [7, 11) is 0. The van der Waals surface area contributed by atoms with Gasteiger partial charge in [-0.25, -0.2) is 5.84 Å². The molecule has 5 N–H and O–H groups in total. The van der Waals surface area contributed by atoms with Crippen molar-refractivity contribution in [2.45, 2.75) is 58.8 Å². The van der Waals surface area contributed by atoms with E-state index in [-0.39, 0.29) is 24.0 Å². The van der Waals surface area contributed by atoms with Gasteiger partial charge in [0.05, 0.1) is 17.2 Å². The van der Waals surface area contributed by atoms with E-state index in [4.69, 9.17) is 10.6 Å². The maximum Gasteiger partial charge on any atom is 0.323 e. The van der Waals surface area contributed by atoms with Gasteiger partial charge in [0.2, 0.25) is 11.9 Å². The lowest BCUT2D eigenvalue weighted by atomic mass is 9.86. The minimum Gasteiger partial charge on any atom is -0.461 e. The number of nitrogen functional groups attached to an aromatic ring is 1. The largest absolute Gasteiger partial charge is 0.461 e. The summed E-state index contributed by atoms with van der Waals surface area (Å²) in [5, 5.41) is 13.2. The van der Waals surface area contributed by atoms with Gasteiger partial charge < -0.3 is 15.2 Å². The van der Waals surface area contributed by atoms with Crippen molar-refractivity contribution in [1.29, 1.82) is 0 Å². The number of hydrogen-bond acceptors (Lipinski definition) is 8. The average Bonchev–Trinajstić information content (AvgIpc) is 2.25. The van der Waals surface area contributed by atoms with Crippen LogP contribution in [0.3, 0.4) is 0 Å². The highest BCUT2D eigenvalue weighted by atomic mass is 16.5. The molecule has 0 atom stereocenters. The Labute approximate surface area is 119 Å². The number of aromatic nitrogens is 3. The van der Waals surface area contributed by atoms with Gasteiger partial charge in [-0.15, -0.1) is 0 Å². The molecule has 8 heteroatoms. The zero-order valence-corrected chi connectivity index (χ0v) is 12.9. The fourth-order valence-electron chi connectivity index (χ4n) is 1.17. The molecular formula is C12H24N6O2. The van der Waals surface area contributed by atoms with E-state index in [2.05, 4.69) is 25.7 Å². The Balaban J connectivity index is 3.06. The first-order valence-corrected chi connectivity index (χ1v) is 6.45. The molecule has 0 radical (unpaired) electrons. The summed E-state index contributed by atoms with van der Waals surface area (Å²) >= 11 is 0. The average molecular weight is 284 g/mol. The second-order valence-electron chi connectivity index (χ2n) is 5.89. The van der Waals surface area contributed by atoms with E-state index >= 15 is 0 Å². The van der Waals surface area contributed by atoms with Gasteiger partial charge in [-0.1, -0.05) is 0 Å². The first-order valence-electron chi connectivity index (χ1n) is 6.45. The molecule has 0 fully saturated rings. The normalized spacial score (nSPS) is 12.4. The van der Waals surface area contributed by atoms with Crippen molar-refractivity contribution in [2.75, 3.05) is 10.7 Å². The molecule has 0 aliphatic rings. The third-order valence-electron chi connectivity index (χ3n) is 3.04. The van der Waals surface area contributed by atoms with E-state index in [9.17, 15) is 5.11 Å². The number of anilines is 2. The monoisotopic (exact) mass is 284 g/mol. The Morgan fingerprint density at radius 2 is 1.65 bits per heavy atom. The first kappa shape index (κ1) is 16.4. The Hall–Kier alpha value is -1.67. The second kappa shape index (κ2) is 5.76. The number of hydrazine groups is 1. The molecule has 0 saturated carbocycles. The quantitative estimate of drug-likeness (QED) is 0.449. The van der Waals surface area contributed by atoms with Gasteiger partial charge in [0.15, 0.2) is 0 Å². The number of nitrogens with zero attached hydrogens (tertiary/aromatic N) is 3. The fourth-order valence-corrected chi connectivity index (χ4v) is 1.17. The molecule has 0 aliphatic heterocycles. The van der Waals surface area contributed by atoms with Crippen LogP contribution >= 0.6 is 0 Å². The summed E-state index contributed by atoms with van der Waals surface area (Å²) in [5.41, 5.74) is 0.726. The van der Waals surface area contributed by atoms with E-state index in [1.54, 1.807) is 13.8 Å². The highest BCUT2D eigenvalue weighted by Gasteiger charge is 2.35. The minimum atomic E-state index is -0.977. The van der Waals surface area contributed by atoms with E-state index in [0.29, 0.717) is 0 Å². The number of ether oxygens (including phenoxy) is 1. The van der Waals surface area contributed by atoms with Crippen molar-refractivity contribution in [2.24, 2.45) is 5.84 Å². The van der Waals surface area contributed by atoms with E-state index in [1.165, 1.54) is 0 Å². The molecule has 1 heterocycles. The van der Waals surface area contributed by atoms with Crippen molar-refractivity contribution >= 4 is 11.9 Å². The molecule has 0 saturated heterocycles. The van der Waals surface area contributed by atoms with Crippen molar-refractivity contribution in [1.82, 2.24) is 15.0 Å². The summed E-state index contributed by atoms with van der Waals surface area (Å²) in [6.07, 6.45) is -0.0711. The standard InChI is InChI=1S/C12H24N6O2/c1-7(2)20-10-15-8(14-9(16-10)18-13)17-11(3,4)12(5,6)19/h7,19H,13H2,1-6H3,(H2,14,15,16,17,18). The van der Waals surface area contributed by atoms with E-state index < -0.39 is 11.1 Å². The van der Waals surface area contributed by atoms with Crippen LogP contribution in [0.1, 0.15) is 41.5 Å². The molecule has 114 valence electrons. The number of aliphatic hydroxyl groups is 1. The van der Waals surface area contributed by atoms with Crippen LogP contribution in [0.15, 0.2) is 0 Å². The number of rotatable bonds is 6. The molecule has 0 aliphatic carbocycles. The van der Waals surface area contributed by atoms with Crippen LogP contribution in [0.5, 0.6) is 6.01 Å². The molecular weight excluding hydrogens is 260 g/mol. The third-order valence-corrected chi connectivity index (χ3v) is 3.04. The summed E-state index contributed by atoms with van der Waals surface area (Å²) < 4.78 is 5.44. The Morgan fingerprint density at radius 1 is 1.10 bits per heavy atom. The third kappa shape index (κ3) is 4.17. The van der Waals surface area contributed by atoms with Crippen molar-refractivity contribution in [3.63, 3.8) is 0 Å². The van der Waals surface area contributed by atoms with E-state index in [1.807, 2.05) is 27.7 Å². The lowest BCUT2D eigenvalue weighted by Gasteiger charge is -2.37. The maximum absolute atomic E-state index is 10.1. The molecule has 0 spiro atoms. The zero-order chi connectivity index (χ0) is 15.6. The lowest BCUT2D eigenvalue weighted by Crippen LogP contribution is -2.51. The topological polar surface area (TPSA) is 118 Å². The smallest absolute Gasteiger partial charge is 0.323 e. The number of nitrogens with one attached hydrogen (secondary N) is 2. The van der Waals surface area contributed by atoms with Gasteiger partial charge in [-0.2, -0.15) is 15.0 Å². The lowest BCUT2D eigenvalue weighted by molar-refractivity contribution is 0.0236. The van der Waals surface area contributed by atoms with Crippen LogP contribution < -0.4 is 21.3 Å². The minimum absolute atomic E-state index is 0.0711. The summed E-state index contributed by atoms with van der Waals surface area (Å²) in [6.45, 7) is 10.8. The molecule has 20 heavy (non-hydrogen) atoms. The van der Waals surface area contributed by atoms with Crippen LogP contribution in [0.2, 0.25) is 0 Å². The van der Waals surface area contributed by atoms with Crippen molar-refractivity contribution in [3.8, 4) is 6.01 Å². The van der Waals surface area contributed by atoms with Gasteiger partial charge in [0, 0.05) is 0 Å². The van der Waals surface area contributed by atoms with Crippen LogP contribution in [0.25, 0.3) is 0 Å². The molecule has 1 aromatic heterocycles. The van der Waals surface area contributed by atoms with Gasteiger partial charge in [0.1, 0.15) is 0 Å². The SMILES string of the molecule is CC(C)Oc1nc(NN)nc(NC(C)(C)C(C)(C)O)n1. The van der Waals surface area contributed by atoms with Crippen LogP contribution in [-0.2, 0) is 0 Å². The molecule has 0 unspecified atom stereocenters. The predicted octanol–water partition coefficient (Wildman–Crippen LogP) is 0.906. The van der Waals surface area contributed by atoms with Crippen LogP contribution in [-0.4, -0.2) is 37.3 Å². The predicted molar refractivity (Wildman–Crippen MR) is 77.4 cm³/mol. The van der Waals surface area contributed by atoms with Crippen LogP contribution in [0, 0.1) is 0 Å². The first-order chi connectivity index (χ1) is 9.05. The molecule has 8 nitrogen and oxygen atoms in total. The Morgan fingerprint density at radius 3 is 2.10 bits per heavy atom.